The SMILES string of the molecule is CC(C)[C@@H](CO)Nc1cnccc1CN. The van der Waals surface area contributed by atoms with E-state index < -0.39 is 0 Å². The zero-order chi connectivity index (χ0) is 11.3. The van der Waals surface area contributed by atoms with Crippen molar-refractivity contribution in [1.82, 2.24) is 4.98 Å². The number of hydrogen-bond acceptors (Lipinski definition) is 4. The number of aliphatic hydroxyl groups excluding tert-OH is 1. The molecule has 0 spiro atoms. The Morgan fingerprint density at radius 3 is 2.80 bits per heavy atom. The van der Waals surface area contributed by atoms with E-state index in [9.17, 15) is 5.11 Å². The largest absolute Gasteiger partial charge is 0.394 e. The van der Waals surface area contributed by atoms with Crippen LogP contribution in [0, 0.1) is 5.92 Å². The van der Waals surface area contributed by atoms with Crippen LogP contribution in [-0.4, -0.2) is 22.7 Å². The molecule has 0 fully saturated rings. The predicted molar refractivity (Wildman–Crippen MR) is 61.5 cm³/mol. The van der Waals surface area contributed by atoms with Gasteiger partial charge in [0.1, 0.15) is 0 Å². The average molecular weight is 209 g/mol. The van der Waals surface area contributed by atoms with Crippen molar-refractivity contribution in [3.05, 3.63) is 24.0 Å². The molecule has 0 radical (unpaired) electrons. The van der Waals surface area contributed by atoms with Crippen LogP contribution in [0.2, 0.25) is 0 Å². The van der Waals surface area contributed by atoms with Crippen LogP contribution in [0.15, 0.2) is 18.5 Å². The number of aliphatic hydroxyl groups is 1. The summed E-state index contributed by atoms with van der Waals surface area (Å²) in [6.45, 7) is 4.70. The predicted octanol–water partition coefficient (Wildman–Crippen LogP) is 0.969. The molecule has 0 amide bonds. The summed E-state index contributed by atoms with van der Waals surface area (Å²) in [5.74, 6) is 0.362. The first kappa shape index (κ1) is 11.9. The minimum Gasteiger partial charge on any atom is -0.394 e. The Balaban J connectivity index is 2.78. The van der Waals surface area contributed by atoms with Crippen LogP contribution in [-0.2, 0) is 6.54 Å². The number of hydrogen-bond donors (Lipinski definition) is 3. The quantitative estimate of drug-likeness (QED) is 0.675. The molecule has 1 aromatic rings. The van der Waals surface area contributed by atoms with E-state index in [1.807, 2.05) is 6.07 Å². The molecular formula is C11H19N3O. The summed E-state index contributed by atoms with van der Waals surface area (Å²) in [4.78, 5) is 4.04. The van der Waals surface area contributed by atoms with Crippen LogP contribution in [0.5, 0.6) is 0 Å². The van der Waals surface area contributed by atoms with E-state index in [2.05, 4.69) is 24.1 Å². The Labute approximate surface area is 90.5 Å². The van der Waals surface area contributed by atoms with Crippen LogP contribution in [0.1, 0.15) is 19.4 Å². The Kier molecular flexibility index (Phi) is 4.52. The number of nitrogens with zero attached hydrogens (tertiary/aromatic N) is 1. The molecule has 4 N–H and O–H groups in total. The van der Waals surface area contributed by atoms with Gasteiger partial charge in [0.2, 0.25) is 0 Å². The van der Waals surface area contributed by atoms with Crippen molar-refractivity contribution in [2.45, 2.75) is 26.4 Å². The van der Waals surface area contributed by atoms with Crippen molar-refractivity contribution in [3.8, 4) is 0 Å². The Morgan fingerprint density at radius 1 is 1.53 bits per heavy atom. The second kappa shape index (κ2) is 5.68. The van der Waals surface area contributed by atoms with Gasteiger partial charge >= 0.3 is 0 Å². The van der Waals surface area contributed by atoms with Crippen LogP contribution in [0.25, 0.3) is 0 Å². The highest BCUT2D eigenvalue weighted by molar-refractivity contribution is 5.49. The molecule has 1 heterocycles. The van der Waals surface area contributed by atoms with Gasteiger partial charge in [-0.25, -0.2) is 0 Å². The molecular weight excluding hydrogens is 190 g/mol. The van der Waals surface area contributed by atoms with Gasteiger partial charge in [0, 0.05) is 12.7 Å². The molecule has 0 saturated heterocycles. The summed E-state index contributed by atoms with van der Waals surface area (Å²) < 4.78 is 0. The lowest BCUT2D eigenvalue weighted by atomic mass is 10.0. The van der Waals surface area contributed by atoms with E-state index >= 15 is 0 Å². The topological polar surface area (TPSA) is 71.2 Å². The zero-order valence-electron chi connectivity index (χ0n) is 9.27. The number of nitrogens with two attached hydrogens (primary N) is 1. The van der Waals surface area contributed by atoms with Crippen molar-refractivity contribution in [3.63, 3.8) is 0 Å². The lowest BCUT2D eigenvalue weighted by molar-refractivity contribution is 0.249. The van der Waals surface area contributed by atoms with E-state index in [0.29, 0.717) is 12.5 Å². The summed E-state index contributed by atoms with van der Waals surface area (Å²) in [5.41, 5.74) is 7.54. The van der Waals surface area contributed by atoms with Crippen molar-refractivity contribution < 1.29 is 5.11 Å². The molecule has 84 valence electrons. The maximum absolute atomic E-state index is 9.21. The number of nitrogens with one attached hydrogen (secondary N) is 1. The highest BCUT2D eigenvalue weighted by atomic mass is 16.3. The molecule has 0 saturated carbocycles. The van der Waals surface area contributed by atoms with E-state index in [1.165, 1.54) is 0 Å². The number of pyridine rings is 1. The van der Waals surface area contributed by atoms with Gasteiger partial charge in [-0.1, -0.05) is 13.8 Å². The number of anilines is 1. The third kappa shape index (κ3) is 3.18. The van der Waals surface area contributed by atoms with Gasteiger partial charge in [-0.15, -0.1) is 0 Å². The molecule has 0 aliphatic rings. The summed E-state index contributed by atoms with van der Waals surface area (Å²) in [5, 5.41) is 12.5. The Bertz CT molecular complexity index is 302. The third-order valence-corrected chi connectivity index (χ3v) is 2.47. The van der Waals surface area contributed by atoms with Crippen LogP contribution in [0.3, 0.4) is 0 Å². The van der Waals surface area contributed by atoms with Crippen LogP contribution in [0.4, 0.5) is 5.69 Å². The minimum absolute atomic E-state index is 0.0412. The third-order valence-electron chi connectivity index (χ3n) is 2.47. The number of aromatic nitrogens is 1. The van der Waals surface area contributed by atoms with Crippen LogP contribution < -0.4 is 11.1 Å². The summed E-state index contributed by atoms with van der Waals surface area (Å²) in [6, 6.07) is 1.93. The normalized spacial score (nSPS) is 12.9. The first-order valence-electron chi connectivity index (χ1n) is 5.19. The molecule has 0 aliphatic carbocycles. The molecule has 1 atom stereocenters. The second-order valence-electron chi connectivity index (χ2n) is 3.91. The second-order valence-corrected chi connectivity index (χ2v) is 3.91. The molecule has 1 aromatic heterocycles. The fraction of sp³-hybridized carbons (Fsp3) is 0.545. The van der Waals surface area contributed by atoms with E-state index in [1.54, 1.807) is 12.4 Å². The van der Waals surface area contributed by atoms with Gasteiger partial charge in [0.25, 0.3) is 0 Å². The first-order chi connectivity index (χ1) is 7.19. The molecule has 0 unspecified atom stereocenters. The van der Waals surface area contributed by atoms with Gasteiger partial charge in [-0.05, 0) is 17.5 Å². The lowest BCUT2D eigenvalue weighted by Crippen LogP contribution is -2.30. The summed E-state index contributed by atoms with van der Waals surface area (Å²) in [7, 11) is 0. The standard InChI is InChI=1S/C11H19N3O/c1-8(2)11(7-15)14-10-6-13-4-3-9(10)5-12/h3-4,6,8,11,14-15H,5,7,12H2,1-2H3/t11-/m1/s1. The smallest absolute Gasteiger partial charge is 0.0635 e. The minimum atomic E-state index is 0.0412. The maximum atomic E-state index is 9.21. The molecule has 0 aliphatic heterocycles. The highest BCUT2D eigenvalue weighted by Gasteiger charge is 2.12. The zero-order valence-corrected chi connectivity index (χ0v) is 9.27. The molecule has 15 heavy (non-hydrogen) atoms. The van der Waals surface area contributed by atoms with Crippen molar-refractivity contribution in [2.75, 3.05) is 11.9 Å². The van der Waals surface area contributed by atoms with Crippen LogP contribution >= 0.6 is 0 Å². The molecule has 0 bridgehead atoms. The van der Waals surface area contributed by atoms with Gasteiger partial charge in [0.05, 0.1) is 24.5 Å². The van der Waals surface area contributed by atoms with E-state index in [-0.39, 0.29) is 12.6 Å². The average Bonchev–Trinajstić information content (AvgIpc) is 2.25. The van der Waals surface area contributed by atoms with Gasteiger partial charge < -0.3 is 16.2 Å². The van der Waals surface area contributed by atoms with Crippen molar-refractivity contribution in [1.29, 1.82) is 0 Å². The van der Waals surface area contributed by atoms with E-state index in [0.717, 1.165) is 11.3 Å². The lowest BCUT2D eigenvalue weighted by Gasteiger charge is -2.22. The summed E-state index contributed by atoms with van der Waals surface area (Å²) >= 11 is 0. The Morgan fingerprint density at radius 2 is 2.27 bits per heavy atom. The highest BCUT2D eigenvalue weighted by Crippen LogP contribution is 2.16. The maximum Gasteiger partial charge on any atom is 0.0635 e. The van der Waals surface area contributed by atoms with E-state index in [4.69, 9.17) is 5.73 Å². The molecule has 4 heteroatoms. The van der Waals surface area contributed by atoms with Gasteiger partial charge in [-0.3, -0.25) is 4.98 Å². The summed E-state index contributed by atoms with van der Waals surface area (Å²) in [6.07, 6.45) is 3.46. The molecule has 1 rings (SSSR count). The first-order valence-corrected chi connectivity index (χ1v) is 5.19. The van der Waals surface area contributed by atoms with Crippen molar-refractivity contribution >= 4 is 5.69 Å². The van der Waals surface area contributed by atoms with Gasteiger partial charge in [0.15, 0.2) is 0 Å². The van der Waals surface area contributed by atoms with Gasteiger partial charge in [-0.2, -0.15) is 0 Å². The molecule has 0 aromatic carbocycles. The molecule has 4 nitrogen and oxygen atoms in total. The fourth-order valence-corrected chi connectivity index (χ4v) is 1.35. The fourth-order valence-electron chi connectivity index (χ4n) is 1.35. The number of rotatable bonds is 5. The monoisotopic (exact) mass is 209 g/mol. The Hall–Kier alpha value is -1.13. The van der Waals surface area contributed by atoms with Crippen molar-refractivity contribution in [2.24, 2.45) is 11.7 Å².